The first-order valence-electron chi connectivity index (χ1n) is 22.3. The molecule has 2 heterocycles. The summed E-state index contributed by atoms with van der Waals surface area (Å²) in [7, 11) is -5.39. The topological polar surface area (TPSA) is 395 Å². The molecule has 2 fully saturated rings. The number of phenolic OH excluding ortho intramolecular Hbond substituents is 1. The van der Waals surface area contributed by atoms with Gasteiger partial charge in [-0.3, -0.25) is 47.5 Å². The third kappa shape index (κ3) is 19.3. The zero-order chi connectivity index (χ0) is 51.0. The van der Waals surface area contributed by atoms with Gasteiger partial charge in [-0.1, -0.05) is 41.5 Å². The third-order valence-corrected chi connectivity index (χ3v) is 11.6. The fourth-order valence-corrected chi connectivity index (χ4v) is 7.96. The van der Waals surface area contributed by atoms with Crippen molar-refractivity contribution in [2.24, 2.45) is 34.2 Å². The number of aliphatic hydroxyl groups excluding tert-OH is 1. The Hall–Kier alpha value is -5.12. The van der Waals surface area contributed by atoms with Gasteiger partial charge in [0.2, 0.25) is 51.7 Å². The number of rotatable bonds is 16. The van der Waals surface area contributed by atoms with Crippen molar-refractivity contribution in [2.45, 2.75) is 128 Å². The van der Waals surface area contributed by atoms with Gasteiger partial charge in [0.25, 0.3) is 5.91 Å². The van der Waals surface area contributed by atoms with E-state index in [9.17, 15) is 61.5 Å². The first kappa shape index (κ1) is 60.0. The maximum Gasteiger partial charge on any atom is 1.00 e. The molecule has 4 unspecified atom stereocenters. The number of hydrogen-bond acceptors (Lipinski definition) is 15. The van der Waals surface area contributed by atoms with E-state index in [-0.39, 0.29) is 91.5 Å². The zero-order valence-electron chi connectivity index (χ0n) is 40.0. The number of aliphatic hydroxyl groups is 1. The van der Waals surface area contributed by atoms with Crippen LogP contribution in [0.2, 0.25) is 0 Å². The molecule has 2 saturated heterocycles. The number of guanidine groups is 1. The Morgan fingerprint density at radius 3 is 1.86 bits per heavy atom. The van der Waals surface area contributed by atoms with Crippen LogP contribution >= 0.6 is 0 Å². The number of fused-ring (bicyclic) bond motifs is 1. The molecule has 0 aliphatic carbocycles. The minimum atomic E-state index is -5.39. The molecule has 1 aromatic rings. The van der Waals surface area contributed by atoms with Gasteiger partial charge < -0.3 is 68.4 Å². The van der Waals surface area contributed by atoms with Crippen LogP contribution in [0.15, 0.2) is 29.3 Å². The van der Waals surface area contributed by atoms with Crippen LogP contribution in [0.4, 0.5) is 0 Å². The van der Waals surface area contributed by atoms with E-state index in [0.29, 0.717) is 6.42 Å². The number of nitrogens with zero attached hydrogens (tertiary/aromatic N) is 2. The van der Waals surface area contributed by atoms with Crippen LogP contribution in [0.1, 0.15) is 90.4 Å². The van der Waals surface area contributed by atoms with Gasteiger partial charge in [0.05, 0.1) is 12.7 Å². The molecule has 0 bridgehead atoms. The average molecular weight is 1000 g/mol. The molecule has 2 aliphatic heterocycles. The first-order chi connectivity index (χ1) is 31.8. The number of phenols is 1. The number of aromatic hydroxyl groups is 1. The standard InChI is InChI=1S/C42H67N11O14S.Na/c1-21(2)17-29-37(59)47-27(9-7-8-15-46-42(43)44)35(57)52-33(23(5)6)41(63)53-19-26(67-68(64,65)66)18-31(53)39(61)48-28(14-16-45-34(56)24-10-12-25(55)13-11-24)36(58)51-32(22(3)4)40(62)50-30(20-54)38(60)49-29;/h10-13,21-23,26-33,54-55H,7-9,14-20H2,1-6H3,(H,45,56)(H,47,59)(H,48,61)(H,49,60)(H,50,62)(H,51,58)(H,52,57)(H4,43,44,46)(H,64,65,66);/q;+1/p-1/t26?,27?,28-,29+,30+,31?,32-,33?;/m0./s1. The molecule has 1 aromatic carbocycles. The van der Waals surface area contributed by atoms with Crippen LogP contribution in [0.25, 0.3) is 0 Å². The molecule has 13 N–H and O–H groups in total. The predicted molar refractivity (Wildman–Crippen MR) is 242 cm³/mol. The molecule has 0 spiro atoms. The van der Waals surface area contributed by atoms with Crippen LogP contribution in [0, 0.1) is 17.8 Å². The molecule has 69 heavy (non-hydrogen) atoms. The molecular formula is C42H66N11NaO14S. The van der Waals surface area contributed by atoms with E-state index in [1.165, 1.54) is 24.3 Å². The number of nitrogens with two attached hydrogens (primary N) is 2. The number of carbonyl (C=O) groups is 8. The van der Waals surface area contributed by atoms with Gasteiger partial charge in [-0.15, -0.1) is 0 Å². The molecule has 380 valence electrons. The quantitative estimate of drug-likeness (QED) is 0.0183. The predicted octanol–water partition coefficient (Wildman–Crippen LogP) is -6.32. The van der Waals surface area contributed by atoms with Crippen molar-refractivity contribution >= 4 is 63.6 Å². The fraction of sp³-hybridized carbons (Fsp3) is 0.643. The number of amides is 8. The van der Waals surface area contributed by atoms with E-state index in [0.717, 1.165) is 4.90 Å². The fourth-order valence-electron chi connectivity index (χ4n) is 7.48. The van der Waals surface area contributed by atoms with Gasteiger partial charge in [-0.25, -0.2) is 8.42 Å². The Labute approximate surface area is 423 Å². The SMILES string of the molecule is CC(C)C[C@H]1NC(=O)[C@@H](CO)NC(=O)[C@H](C(C)C)NC(=O)[C@H](CCNC(=O)c2ccc(O)cc2)NC(=O)C2CC(OS(=O)(=O)[O-])CN2C(=O)C(C(C)C)NC(=O)C(CCCCN=C(N)N)NC1=O.[Na+]. The summed E-state index contributed by atoms with van der Waals surface area (Å²) in [4.78, 5) is 117. The molecule has 25 nitrogen and oxygen atoms in total. The summed E-state index contributed by atoms with van der Waals surface area (Å²) in [5.74, 6) is -9.13. The number of aliphatic imine (C=N–C) groups is 1. The number of hydrogen-bond donors (Lipinski definition) is 11. The van der Waals surface area contributed by atoms with Crippen LogP contribution in [-0.4, -0.2) is 156 Å². The molecular weight excluding hydrogens is 938 g/mol. The van der Waals surface area contributed by atoms with Gasteiger partial charge in [0.15, 0.2) is 5.96 Å². The Morgan fingerprint density at radius 1 is 0.783 bits per heavy atom. The Bertz CT molecular complexity index is 2110. The summed E-state index contributed by atoms with van der Waals surface area (Å²) in [5, 5.41) is 37.8. The monoisotopic (exact) mass is 1000 g/mol. The summed E-state index contributed by atoms with van der Waals surface area (Å²) >= 11 is 0. The minimum absolute atomic E-state index is 0. The van der Waals surface area contributed by atoms with Gasteiger partial charge in [0.1, 0.15) is 48.0 Å². The van der Waals surface area contributed by atoms with Crippen molar-refractivity contribution in [1.82, 2.24) is 42.1 Å². The molecule has 3 rings (SSSR count). The minimum Gasteiger partial charge on any atom is -0.726 e. The molecule has 2 aliphatic rings. The molecule has 8 amide bonds. The average Bonchev–Trinajstić information content (AvgIpc) is 3.66. The summed E-state index contributed by atoms with van der Waals surface area (Å²) in [6.07, 6.45) is -1.87. The smallest absolute Gasteiger partial charge is 0.726 e. The summed E-state index contributed by atoms with van der Waals surface area (Å²) in [6.45, 7) is 8.06. The number of carbonyl (C=O) groups excluding carboxylic acids is 8. The molecule has 27 heteroatoms. The Balaban J connectivity index is 0.0000163. The van der Waals surface area contributed by atoms with Crippen molar-refractivity contribution in [3.63, 3.8) is 0 Å². The summed E-state index contributed by atoms with van der Waals surface area (Å²) in [5.41, 5.74) is 11.0. The van der Waals surface area contributed by atoms with Gasteiger partial charge in [0, 0.05) is 31.6 Å². The van der Waals surface area contributed by atoms with Crippen molar-refractivity contribution in [3.8, 4) is 5.75 Å². The van der Waals surface area contributed by atoms with Crippen LogP contribution in [0.3, 0.4) is 0 Å². The number of benzene rings is 1. The van der Waals surface area contributed by atoms with Crippen molar-refractivity contribution in [3.05, 3.63) is 29.8 Å². The molecule has 0 radical (unpaired) electrons. The van der Waals surface area contributed by atoms with Crippen LogP contribution in [-0.2, 0) is 48.1 Å². The second kappa shape index (κ2) is 27.9. The molecule has 0 saturated carbocycles. The molecule has 0 aromatic heterocycles. The van der Waals surface area contributed by atoms with E-state index in [2.05, 4.69) is 42.2 Å². The zero-order valence-corrected chi connectivity index (χ0v) is 42.8. The van der Waals surface area contributed by atoms with Gasteiger partial charge in [-0.2, -0.15) is 0 Å². The second-order valence-electron chi connectivity index (χ2n) is 17.8. The Kier molecular flexibility index (Phi) is 24.3. The van der Waals surface area contributed by atoms with E-state index in [4.69, 9.17) is 15.7 Å². The van der Waals surface area contributed by atoms with E-state index >= 15 is 0 Å². The molecule has 8 atom stereocenters. The van der Waals surface area contributed by atoms with Crippen LogP contribution < -0.4 is 78.2 Å². The van der Waals surface area contributed by atoms with Crippen LogP contribution in [0.5, 0.6) is 5.75 Å². The summed E-state index contributed by atoms with van der Waals surface area (Å²) in [6, 6.07) is -5.22. The second-order valence-corrected chi connectivity index (χ2v) is 18.8. The Morgan fingerprint density at radius 2 is 1.30 bits per heavy atom. The van der Waals surface area contributed by atoms with Gasteiger partial charge in [-0.05, 0) is 74.1 Å². The van der Waals surface area contributed by atoms with Crippen molar-refractivity contribution in [1.29, 1.82) is 0 Å². The van der Waals surface area contributed by atoms with Crippen molar-refractivity contribution < 1.29 is 95.3 Å². The number of unbranched alkanes of at least 4 members (excludes halogenated alkanes) is 1. The largest absolute Gasteiger partial charge is 1.00 e. The van der Waals surface area contributed by atoms with Crippen molar-refractivity contribution in [2.75, 3.05) is 26.2 Å². The maximum atomic E-state index is 14.6. The normalized spacial score (nSPS) is 24.7. The van der Waals surface area contributed by atoms with E-state index < -0.39 is 137 Å². The van der Waals surface area contributed by atoms with E-state index in [1.54, 1.807) is 41.5 Å². The maximum absolute atomic E-state index is 14.6. The van der Waals surface area contributed by atoms with Gasteiger partial charge >= 0.3 is 29.6 Å². The first-order valence-corrected chi connectivity index (χ1v) is 23.6. The van der Waals surface area contributed by atoms with E-state index in [1.807, 2.05) is 0 Å². The number of nitrogens with one attached hydrogen (secondary N) is 7. The summed E-state index contributed by atoms with van der Waals surface area (Å²) < 4.78 is 40.0. The third-order valence-electron chi connectivity index (χ3n) is 11.0.